The Labute approximate surface area is 223 Å². The molecule has 3 fully saturated rings. The highest BCUT2D eigenvalue weighted by Gasteiger charge is 2.46. The molecule has 2 bridgehead atoms. The first-order valence-corrected chi connectivity index (χ1v) is 13.9. The number of carboxylic acid groups (broad SMARTS) is 1. The lowest BCUT2D eigenvalue weighted by atomic mass is 9.52. The standard InChI is InChI=1S/C32H43NO4/c1-24(2)33(23-26-9-6-7-10-28(26)37-22-8-4-5-11-29(34)35)30(36)25-12-14-27(15-13-25)32-19-16-31(3,17-20-32)18-21-32/h6-7,9-10,12-15,24H,4-5,8,11,16-23H2,1-3H3,(H,34,35)/i24D. The van der Waals surface area contributed by atoms with Gasteiger partial charge in [-0.15, -0.1) is 0 Å². The Morgan fingerprint density at radius 1 is 0.973 bits per heavy atom. The Morgan fingerprint density at radius 3 is 2.24 bits per heavy atom. The molecule has 0 spiro atoms. The minimum absolute atomic E-state index is 0.155. The molecule has 2 aromatic carbocycles. The molecule has 0 unspecified atom stereocenters. The lowest BCUT2D eigenvalue weighted by Crippen LogP contribution is -2.42. The van der Waals surface area contributed by atoms with E-state index in [4.69, 9.17) is 11.2 Å². The number of para-hydroxylation sites is 1. The first-order valence-electron chi connectivity index (χ1n) is 14.4. The van der Waals surface area contributed by atoms with Gasteiger partial charge in [0.25, 0.3) is 5.91 Å². The van der Waals surface area contributed by atoms with Crippen LogP contribution in [0.5, 0.6) is 5.75 Å². The summed E-state index contributed by atoms with van der Waals surface area (Å²) in [4.78, 5) is 26.0. The number of nitrogens with zero attached hydrogens (tertiary/aromatic N) is 1. The number of unbranched alkanes of at least 4 members (excludes halogenated alkanes) is 2. The molecule has 1 N–H and O–H groups in total. The van der Waals surface area contributed by atoms with E-state index in [0.29, 0.717) is 29.8 Å². The van der Waals surface area contributed by atoms with Crippen LogP contribution in [0.3, 0.4) is 0 Å². The van der Waals surface area contributed by atoms with Gasteiger partial charge in [0.05, 0.1) is 7.98 Å². The summed E-state index contributed by atoms with van der Waals surface area (Å²) in [5.41, 5.74) is 3.61. The number of hydrogen-bond donors (Lipinski definition) is 1. The molecular weight excluding hydrogens is 462 g/mol. The summed E-state index contributed by atoms with van der Waals surface area (Å²) in [6, 6.07) is 14.7. The highest BCUT2D eigenvalue weighted by molar-refractivity contribution is 5.94. The van der Waals surface area contributed by atoms with Crippen LogP contribution in [-0.4, -0.2) is 34.5 Å². The maximum absolute atomic E-state index is 13.7. The first-order chi connectivity index (χ1) is 18.0. The van der Waals surface area contributed by atoms with Crippen LogP contribution in [-0.2, 0) is 16.8 Å². The normalized spacial score (nSPS) is 23.4. The van der Waals surface area contributed by atoms with Crippen molar-refractivity contribution >= 4 is 11.9 Å². The van der Waals surface area contributed by atoms with Gasteiger partial charge in [-0.3, -0.25) is 9.59 Å². The van der Waals surface area contributed by atoms with Crippen LogP contribution in [0.1, 0.15) is 108 Å². The van der Waals surface area contributed by atoms with Crippen LogP contribution in [0.25, 0.3) is 0 Å². The molecular formula is C32H43NO4. The van der Waals surface area contributed by atoms with Gasteiger partial charge in [-0.05, 0) is 106 Å². The summed E-state index contributed by atoms with van der Waals surface area (Å²) in [6.07, 6.45) is 9.94. The van der Waals surface area contributed by atoms with Gasteiger partial charge in [-0.1, -0.05) is 37.3 Å². The lowest BCUT2D eigenvalue weighted by Gasteiger charge is -2.52. The highest BCUT2D eigenvalue weighted by Crippen LogP contribution is 2.57. The third kappa shape index (κ3) is 6.55. The van der Waals surface area contributed by atoms with Gasteiger partial charge < -0.3 is 14.7 Å². The van der Waals surface area contributed by atoms with E-state index in [1.54, 1.807) is 18.7 Å². The van der Waals surface area contributed by atoms with Crippen molar-refractivity contribution in [3.8, 4) is 5.75 Å². The molecule has 0 atom stereocenters. The molecule has 37 heavy (non-hydrogen) atoms. The van der Waals surface area contributed by atoms with E-state index in [9.17, 15) is 9.59 Å². The summed E-state index contributed by atoms with van der Waals surface area (Å²) in [6.45, 7) is 6.67. The second-order valence-electron chi connectivity index (χ2n) is 11.7. The van der Waals surface area contributed by atoms with Gasteiger partial charge in [0.1, 0.15) is 5.75 Å². The van der Waals surface area contributed by atoms with Crippen molar-refractivity contribution in [2.24, 2.45) is 5.41 Å². The topological polar surface area (TPSA) is 66.8 Å². The minimum atomic E-state index is -1.12. The van der Waals surface area contributed by atoms with E-state index in [0.717, 1.165) is 18.4 Å². The monoisotopic (exact) mass is 506 g/mol. The molecule has 2 aromatic rings. The molecule has 5 heteroatoms. The van der Waals surface area contributed by atoms with E-state index < -0.39 is 12.0 Å². The van der Waals surface area contributed by atoms with Crippen LogP contribution in [0.4, 0.5) is 0 Å². The zero-order chi connectivity index (χ0) is 27.4. The van der Waals surface area contributed by atoms with E-state index in [1.807, 2.05) is 36.4 Å². The SMILES string of the molecule is [2H]C(C)(C)N(Cc1ccccc1OCCCCCC(=O)O)C(=O)c1ccc(C23CCC(C)(CC2)CC3)cc1. The first kappa shape index (κ1) is 25.8. The number of carbonyl (C=O) groups excluding carboxylic acids is 1. The van der Waals surface area contributed by atoms with Crippen molar-refractivity contribution in [2.45, 2.75) is 103 Å². The van der Waals surface area contributed by atoms with E-state index in [1.165, 1.54) is 44.1 Å². The zero-order valence-corrected chi connectivity index (χ0v) is 22.7. The maximum atomic E-state index is 13.7. The molecule has 5 nitrogen and oxygen atoms in total. The Balaban J connectivity index is 1.44. The predicted molar refractivity (Wildman–Crippen MR) is 147 cm³/mol. The van der Waals surface area contributed by atoms with Crippen LogP contribution >= 0.6 is 0 Å². The molecule has 3 saturated carbocycles. The van der Waals surface area contributed by atoms with Gasteiger partial charge in [-0.25, -0.2) is 0 Å². The second-order valence-corrected chi connectivity index (χ2v) is 11.7. The van der Waals surface area contributed by atoms with Crippen LogP contribution in [0.2, 0.25) is 0 Å². The summed E-state index contributed by atoms with van der Waals surface area (Å²) in [5.74, 6) is -0.231. The average Bonchev–Trinajstić information content (AvgIpc) is 2.89. The molecule has 1 amide bonds. The van der Waals surface area contributed by atoms with Gasteiger partial charge in [0.2, 0.25) is 0 Å². The smallest absolute Gasteiger partial charge is 0.303 e. The summed E-state index contributed by atoms with van der Waals surface area (Å²) < 4.78 is 14.8. The van der Waals surface area contributed by atoms with E-state index >= 15 is 0 Å². The summed E-state index contributed by atoms with van der Waals surface area (Å²) in [7, 11) is 0. The third-order valence-electron chi connectivity index (χ3n) is 8.74. The average molecular weight is 507 g/mol. The van der Waals surface area contributed by atoms with Crippen LogP contribution in [0, 0.1) is 5.41 Å². The van der Waals surface area contributed by atoms with Crippen LogP contribution in [0.15, 0.2) is 48.5 Å². The molecule has 0 aliphatic heterocycles. The fourth-order valence-electron chi connectivity index (χ4n) is 6.04. The molecule has 0 saturated heterocycles. The molecule has 5 rings (SSSR count). The van der Waals surface area contributed by atoms with Gasteiger partial charge in [-0.2, -0.15) is 0 Å². The number of ether oxygens (including phenoxy) is 1. The van der Waals surface area contributed by atoms with Gasteiger partial charge in [0, 0.05) is 30.1 Å². The Bertz CT molecular complexity index is 1100. The van der Waals surface area contributed by atoms with Crippen molar-refractivity contribution in [2.75, 3.05) is 6.61 Å². The van der Waals surface area contributed by atoms with Gasteiger partial charge in [0.15, 0.2) is 0 Å². The van der Waals surface area contributed by atoms with Crippen molar-refractivity contribution < 1.29 is 20.8 Å². The van der Waals surface area contributed by atoms with Crippen LogP contribution < -0.4 is 4.74 Å². The third-order valence-corrected chi connectivity index (χ3v) is 8.74. The summed E-state index contributed by atoms with van der Waals surface area (Å²) >= 11 is 0. The number of carboxylic acids is 1. The van der Waals surface area contributed by atoms with E-state index in [-0.39, 0.29) is 24.3 Å². The van der Waals surface area contributed by atoms with Crippen molar-refractivity contribution in [3.63, 3.8) is 0 Å². The number of carbonyl (C=O) groups is 2. The number of benzene rings is 2. The van der Waals surface area contributed by atoms with Gasteiger partial charge >= 0.3 is 5.97 Å². The largest absolute Gasteiger partial charge is 0.493 e. The Hall–Kier alpha value is -2.82. The second kappa shape index (κ2) is 11.7. The molecule has 0 radical (unpaired) electrons. The predicted octanol–water partition coefficient (Wildman–Crippen LogP) is 7.37. The van der Waals surface area contributed by atoms with Crippen molar-refractivity contribution in [1.82, 2.24) is 4.90 Å². The molecule has 3 aliphatic rings. The Morgan fingerprint density at radius 2 is 1.62 bits per heavy atom. The Kier molecular flexibility index (Phi) is 8.17. The summed E-state index contributed by atoms with van der Waals surface area (Å²) in [5, 5.41) is 8.79. The molecule has 0 heterocycles. The van der Waals surface area contributed by atoms with Crippen molar-refractivity contribution in [1.29, 1.82) is 0 Å². The number of fused-ring (bicyclic) bond motifs is 3. The lowest BCUT2D eigenvalue weighted by molar-refractivity contribution is -0.137. The molecule has 3 aliphatic carbocycles. The molecule has 0 aromatic heterocycles. The zero-order valence-electron chi connectivity index (χ0n) is 23.7. The number of amides is 1. The fourth-order valence-corrected chi connectivity index (χ4v) is 6.04. The molecule has 200 valence electrons. The van der Waals surface area contributed by atoms with E-state index in [2.05, 4.69) is 19.1 Å². The fraction of sp³-hybridized carbons (Fsp3) is 0.562. The number of rotatable bonds is 12. The maximum Gasteiger partial charge on any atom is 0.303 e. The van der Waals surface area contributed by atoms with Crippen molar-refractivity contribution in [3.05, 3.63) is 65.2 Å². The minimum Gasteiger partial charge on any atom is -0.493 e. The number of aliphatic carboxylic acids is 1. The number of hydrogen-bond acceptors (Lipinski definition) is 3. The highest BCUT2D eigenvalue weighted by atomic mass is 16.5. The quantitative estimate of drug-likeness (QED) is 0.305.